The van der Waals surface area contributed by atoms with E-state index in [9.17, 15) is 4.21 Å². The van der Waals surface area contributed by atoms with Crippen molar-refractivity contribution in [3.63, 3.8) is 0 Å². The van der Waals surface area contributed by atoms with Crippen LogP contribution in [0.4, 0.5) is 0 Å². The zero-order chi connectivity index (χ0) is 6.15. The Morgan fingerprint density at radius 3 is 1.75 bits per heavy atom. The van der Waals surface area contributed by atoms with Gasteiger partial charge in [0.1, 0.15) is 0 Å². The molecule has 0 saturated heterocycles. The predicted molar refractivity (Wildman–Crippen MR) is 35.7 cm³/mol. The molecule has 1 aliphatic rings. The Hall–Kier alpha value is -0.370. The molecule has 1 rings (SSSR count). The lowest BCUT2D eigenvalue weighted by Crippen LogP contribution is -1.67. The molecule has 0 N–H and O–H groups in total. The summed E-state index contributed by atoms with van der Waals surface area (Å²) in [7, 11) is -0.807. The molecule has 0 radical (unpaired) electrons. The molecule has 0 atom stereocenters. The van der Waals surface area contributed by atoms with Crippen LogP contribution in [0, 0.1) is 0 Å². The van der Waals surface area contributed by atoms with Gasteiger partial charge in [0, 0.05) is 10.8 Å². The molecule has 0 bridgehead atoms. The Balaban J connectivity index is 2.98. The van der Waals surface area contributed by atoms with Crippen LogP contribution in [0.5, 0.6) is 0 Å². The Morgan fingerprint density at radius 2 is 1.62 bits per heavy atom. The number of hydrogen-bond acceptors (Lipinski definition) is 1. The smallest absolute Gasteiger partial charge is 0.0707 e. The Morgan fingerprint density at radius 1 is 1.25 bits per heavy atom. The molecule has 2 heteroatoms. The van der Waals surface area contributed by atoms with Gasteiger partial charge < -0.3 is 0 Å². The molecule has 0 aromatic rings. The molecular formula is C6H8OS. The van der Waals surface area contributed by atoms with Gasteiger partial charge >= 0.3 is 0 Å². The van der Waals surface area contributed by atoms with Crippen molar-refractivity contribution in [2.45, 2.75) is 13.8 Å². The van der Waals surface area contributed by atoms with Crippen LogP contribution in [0.2, 0.25) is 0 Å². The third-order valence-electron chi connectivity index (χ3n) is 1.21. The summed E-state index contributed by atoms with van der Waals surface area (Å²) < 4.78 is 10.6. The first-order valence-corrected chi connectivity index (χ1v) is 3.74. The number of allylic oxidation sites excluding steroid dienone is 2. The molecule has 0 fully saturated rings. The Bertz CT molecular complexity index is 169. The fraction of sp³-hybridized carbons (Fsp3) is 0.333. The summed E-state index contributed by atoms with van der Waals surface area (Å²) in [4.78, 5) is 0. The predicted octanol–water partition coefficient (Wildman–Crippen LogP) is 1.56. The second-order valence-electron chi connectivity index (χ2n) is 1.93. The summed E-state index contributed by atoms with van der Waals surface area (Å²) in [6.45, 7) is 3.94. The lowest BCUT2D eigenvalue weighted by molar-refractivity contribution is 0.693. The highest BCUT2D eigenvalue weighted by Crippen LogP contribution is 2.16. The van der Waals surface area contributed by atoms with Crippen molar-refractivity contribution < 1.29 is 4.21 Å². The average Bonchev–Trinajstić information content (AvgIpc) is 1.85. The molecule has 44 valence electrons. The summed E-state index contributed by atoms with van der Waals surface area (Å²) in [5.74, 6) is 0. The van der Waals surface area contributed by atoms with Crippen LogP contribution in [0.15, 0.2) is 22.0 Å². The largest absolute Gasteiger partial charge is 0.250 e. The van der Waals surface area contributed by atoms with Crippen molar-refractivity contribution in [2.24, 2.45) is 0 Å². The van der Waals surface area contributed by atoms with E-state index in [-0.39, 0.29) is 0 Å². The van der Waals surface area contributed by atoms with Crippen molar-refractivity contribution in [3.05, 3.63) is 22.0 Å². The molecule has 0 saturated carbocycles. The topological polar surface area (TPSA) is 17.1 Å². The van der Waals surface area contributed by atoms with Gasteiger partial charge in [0.25, 0.3) is 0 Å². The van der Waals surface area contributed by atoms with Gasteiger partial charge in [-0.2, -0.15) is 0 Å². The van der Waals surface area contributed by atoms with Gasteiger partial charge in [0.15, 0.2) is 0 Å². The third kappa shape index (κ3) is 0.892. The van der Waals surface area contributed by atoms with Crippen LogP contribution in [0.1, 0.15) is 13.8 Å². The fourth-order valence-electron chi connectivity index (χ4n) is 0.568. The normalized spacial score (nSPS) is 20.8. The number of hydrogen-bond donors (Lipinski definition) is 0. The van der Waals surface area contributed by atoms with Gasteiger partial charge in [0.2, 0.25) is 0 Å². The van der Waals surface area contributed by atoms with E-state index in [0.717, 1.165) is 11.1 Å². The van der Waals surface area contributed by atoms with Crippen LogP contribution in [-0.2, 0) is 10.8 Å². The maximum absolute atomic E-state index is 10.6. The van der Waals surface area contributed by atoms with Crippen LogP contribution in [-0.4, -0.2) is 4.21 Å². The molecule has 0 aromatic carbocycles. The van der Waals surface area contributed by atoms with E-state index in [4.69, 9.17) is 0 Å². The fourth-order valence-corrected chi connectivity index (χ4v) is 1.71. The van der Waals surface area contributed by atoms with Crippen molar-refractivity contribution in [1.29, 1.82) is 0 Å². The summed E-state index contributed by atoms with van der Waals surface area (Å²) in [6.07, 6.45) is 0. The summed E-state index contributed by atoms with van der Waals surface area (Å²) in [6, 6.07) is 0. The molecule has 8 heavy (non-hydrogen) atoms. The number of rotatable bonds is 0. The molecule has 0 aromatic heterocycles. The molecule has 0 amide bonds. The average molecular weight is 128 g/mol. The first kappa shape index (κ1) is 5.76. The van der Waals surface area contributed by atoms with E-state index in [2.05, 4.69) is 0 Å². The van der Waals surface area contributed by atoms with Crippen LogP contribution < -0.4 is 0 Å². The van der Waals surface area contributed by atoms with Gasteiger partial charge in [0.05, 0.1) is 10.8 Å². The zero-order valence-corrected chi connectivity index (χ0v) is 5.79. The van der Waals surface area contributed by atoms with Crippen molar-refractivity contribution >= 4 is 10.8 Å². The highest BCUT2D eigenvalue weighted by molar-refractivity contribution is 7.91. The lowest BCUT2D eigenvalue weighted by Gasteiger charge is -1.86. The van der Waals surface area contributed by atoms with Gasteiger partial charge in [-0.25, -0.2) is 0 Å². The lowest BCUT2D eigenvalue weighted by atomic mass is 10.2. The van der Waals surface area contributed by atoms with Crippen molar-refractivity contribution in [1.82, 2.24) is 0 Å². The van der Waals surface area contributed by atoms with Gasteiger partial charge in [-0.05, 0) is 25.0 Å². The van der Waals surface area contributed by atoms with E-state index in [1.807, 2.05) is 13.8 Å². The maximum atomic E-state index is 10.6. The van der Waals surface area contributed by atoms with E-state index >= 15 is 0 Å². The van der Waals surface area contributed by atoms with E-state index < -0.39 is 10.8 Å². The highest BCUT2D eigenvalue weighted by atomic mass is 32.2. The first-order valence-electron chi connectivity index (χ1n) is 2.47. The highest BCUT2D eigenvalue weighted by Gasteiger charge is 2.03. The second-order valence-corrected chi connectivity index (χ2v) is 3.06. The SMILES string of the molecule is CC1=CS(=O)C=C1C. The van der Waals surface area contributed by atoms with Gasteiger partial charge in [-0.3, -0.25) is 4.21 Å². The minimum atomic E-state index is -0.807. The monoisotopic (exact) mass is 128 g/mol. The molecule has 0 aliphatic carbocycles. The first-order chi connectivity index (χ1) is 3.70. The van der Waals surface area contributed by atoms with E-state index in [1.54, 1.807) is 10.8 Å². The van der Waals surface area contributed by atoms with Gasteiger partial charge in [-0.1, -0.05) is 0 Å². The van der Waals surface area contributed by atoms with Crippen molar-refractivity contribution in [3.8, 4) is 0 Å². The minimum Gasteiger partial charge on any atom is -0.250 e. The van der Waals surface area contributed by atoms with E-state index in [1.165, 1.54) is 0 Å². The van der Waals surface area contributed by atoms with Crippen LogP contribution >= 0.6 is 0 Å². The van der Waals surface area contributed by atoms with Crippen LogP contribution in [0.25, 0.3) is 0 Å². The standard InChI is InChI=1S/C6H8OS/c1-5-3-8(7)4-6(5)2/h3-4H,1-2H3. The van der Waals surface area contributed by atoms with Crippen LogP contribution in [0.3, 0.4) is 0 Å². The van der Waals surface area contributed by atoms with Gasteiger partial charge in [-0.15, -0.1) is 0 Å². The van der Waals surface area contributed by atoms with Crippen molar-refractivity contribution in [2.75, 3.05) is 0 Å². The second kappa shape index (κ2) is 1.86. The Labute approximate surface area is 51.6 Å². The molecule has 1 heterocycles. The minimum absolute atomic E-state index is 0.807. The maximum Gasteiger partial charge on any atom is 0.0707 e. The molecule has 0 spiro atoms. The molecular weight excluding hydrogens is 120 g/mol. The summed E-state index contributed by atoms with van der Waals surface area (Å²) in [5.41, 5.74) is 2.28. The molecule has 1 aliphatic heterocycles. The summed E-state index contributed by atoms with van der Waals surface area (Å²) >= 11 is 0. The quantitative estimate of drug-likeness (QED) is 0.484. The summed E-state index contributed by atoms with van der Waals surface area (Å²) in [5, 5.41) is 3.52. The van der Waals surface area contributed by atoms with E-state index in [0.29, 0.717) is 0 Å². The molecule has 1 nitrogen and oxygen atoms in total. The zero-order valence-electron chi connectivity index (χ0n) is 4.97. The third-order valence-corrected chi connectivity index (χ3v) is 2.38. The Kier molecular flexibility index (Phi) is 1.34. The molecule has 0 unspecified atom stereocenters.